The number of carbonyl (C=O) groups excluding carboxylic acids is 1. The van der Waals surface area contributed by atoms with Crippen molar-refractivity contribution >= 4 is 32.9 Å². The molecule has 1 fully saturated rings. The zero-order chi connectivity index (χ0) is 16.7. The number of rotatable bonds is 4. The number of imidazole rings is 1. The predicted molar refractivity (Wildman–Crippen MR) is 91.3 cm³/mol. The molecular weight excluding hydrogens is 375 g/mol. The Bertz CT molecular complexity index is 934. The molecule has 0 unspecified atom stereocenters. The number of aromatic amines is 1. The van der Waals surface area contributed by atoms with E-state index >= 15 is 0 Å². The number of nitrogens with zero attached hydrogens (tertiary/aromatic N) is 1. The van der Waals surface area contributed by atoms with E-state index in [2.05, 4.69) is 25.9 Å². The Morgan fingerprint density at radius 1 is 1.33 bits per heavy atom. The Labute approximate surface area is 146 Å². The fourth-order valence-corrected chi connectivity index (χ4v) is 3.00. The number of ether oxygens (including phenoxy) is 1. The first kappa shape index (κ1) is 15.3. The highest BCUT2D eigenvalue weighted by atomic mass is 79.9. The van der Waals surface area contributed by atoms with Crippen molar-refractivity contribution in [2.24, 2.45) is 0 Å². The molecule has 1 aromatic heterocycles. The van der Waals surface area contributed by atoms with Gasteiger partial charge in [0.25, 0.3) is 0 Å². The minimum Gasteiger partial charge on any atom is -0.457 e. The van der Waals surface area contributed by atoms with Crippen LogP contribution in [0.3, 0.4) is 0 Å². The lowest BCUT2D eigenvalue weighted by Gasteiger charge is -2.07. The van der Waals surface area contributed by atoms with Crippen molar-refractivity contribution in [1.29, 1.82) is 0 Å². The van der Waals surface area contributed by atoms with E-state index in [1.54, 1.807) is 36.4 Å². The average molecular weight is 389 g/mol. The van der Waals surface area contributed by atoms with E-state index in [-0.39, 0.29) is 6.61 Å². The fraction of sp³-hybridized carbons (Fsp3) is 0.222. The molecule has 0 spiro atoms. The maximum Gasteiger partial charge on any atom is 0.338 e. The van der Waals surface area contributed by atoms with Crippen LogP contribution in [0.5, 0.6) is 0 Å². The first-order valence-corrected chi connectivity index (χ1v) is 8.51. The number of benzene rings is 2. The summed E-state index contributed by atoms with van der Waals surface area (Å²) >= 11 is 3.12. The highest BCUT2D eigenvalue weighted by Crippen LogP contribution is 2.39. The van der Waals surface area contributed by atoms with Crippen LogP contribution in [0.15, 0.2) is 40.9 Å². The van der Waals surface area contributed by atoms with Crippen LogP contribution in [-0.2, 0) is 11.3 Å². The van der Waals surface area contributed by atoms with E-state index in [1.807, 2.05) is 0 Å². The van der Waals surface area contributed by atoms with Gasteiger partial charge in [-0.05, 0) is 53.0 Å². The SMILES string of the molecule is O=C(OCc1cccc(Br)c1F)c1ccc2nc(C3CC3)[nH]c2c1. The van der Waals surface area contributed by atoms with Crippen molar-refractivity contribution in [3.8, 4) is 0 Å². The number of carbonyl (C=O) groups is 1. The van der Waals surface area contributed by atoms with Crippen LogP contribution in [0, 0.1) is 5.82 Å². The second kappa shape index (κ2) is 6.02. The summed E-state index contributed by atoms with van der Waals surface area (Å²) in [5, 5.41) is 0. The van der Waals surface area contributed by atoms with Gasteiger partial charge in [0, 0.05) is 11.5 Å². The molecule has 0 saturated heterocycles. The monoisotopic (exact) mass is 388 g/mol. The van der Waals surface area contributed by atoms with Crippen LogP contribution in [0.1, 0.15) is 40.5 Å². The molecule has 3 aromatic rings. The Morgan fingerprint density at radius 2 is 2.17 bits per heavy atom. The zero-order valence-electron chi connectivity index (χ0n) is 12.7. The van der Waals surface area contributed by atoms with E-state index in [4.69, 9.17) is 4.74 Å². The van der Waals surface area contributed by atoms with Crippen molar-refractivity contribution in [1.82, 2.24) is 9.97 Å². The lowest BCUT2D eigenvalue weighted by molar-refractivity contribution is 0.0469. The molecule has 1 aliphatic carbocycles. The minimum atomic E-state index is -0.487. The molecule has 0 radical (unpaired) electrons. The summed E-state index contributed by atoms with van der Waals surface area (Å²) in [7, 11) is 0. The molecule has 0 atom stereocenters. The molecule has 24 heavy (non-hydrogen) atoms. The van der Waals surface area contributed by atoms with Crippen molar-refractivity contribution < 1.29 is 13.9 Å². The van der Waals surface area contributed by atoms with Gasteiger partial charge in [-0.25, -0.2) is 14.2 Å². The Hall–Kier alpha value is -2.21. The molecule has 122 valence electrons. The number of aromatic nitrogens is 2. The predicted octanol–water partition coefficient (Wildman–Crippen LogP) is 4.70. The summed E-state index contributed by atoms with van der Waals surface area (Å²) in [5.74, 6) is 0.598. The summed E-state index contributed by atoms with van der Waals surface area (Å²) in [6, 6.07) is 10.1. The fourth-order valence-electron chi connectivity index (χ4n) is 2.59. The second-order valence-electron chi connectivity index (χ2n) is 5.92. The summed E-state index contributed by atoms with van der Waals surface area (Å²) in [5.41, 5.74) is 2.41. The quantitative estimate of drug-likeness (QED) is 0.659. The molecule has 4 nitrogen and oxygen atoms in total. The number of H-pyrrole nitrogens is 1. The molecule has 0 amide bonds. The highest BCUT2D eigenvalue weighted by Gasteiger charge is 2.26. The van der Waals surface area contributed by atoms with Crippen LogP contribution in [0.25, 0.3) is 11.0 Å². The maximum atomic E-state index is 13.9. The molecule has 4 rings (SSSR count). The first-order chi connectivity index (χ1) is 11.6. The molecular formula is C18H14BrFN2O2. The van der Waals surface area contributed by atoms with Crippen molar-refractivity contribution in [3.63, 3.8) is 0 Å². The van der Waals surface area contributed by atoms with Crippen LogP contribution < -0.4 is 0 Å². The number of halogens is 2. The molecule has 0 bridgehead atoms. The highest BCUT2D eigenvalue weighted by molar-refractivity contribution is 9.10. The van der Waals surface area contributed by atoms with Gasteiger partial charge in [-0.2, -0.15) is 0 Å². The summed E-state index contributed by atoms with van der Waals surface area (Å²) in [4.78, 5) is 20.0. The lowest BCUT2D eigenvalue weighted by atomic mass is 10.2. The average Bonchev–Trinajstić information content (AvgIpc) is 3.34. The first-order valence-electron chi connectivity index (χ1n) is 7.71. The van der Waals surface area contributed by atoms with Crippen molar-refractivity contribution in [2.75, 3.05) is 0 Å². The largest absolute Gasteiger partial charge is 0.457 e. The topological polar surface area (TPSA) is 55.0 Å². The molecule has 1 heterocycles. The number of fused-ring (bicyclic) bond motifs is 1. The van der Waals surface area contributed by atoms with E-state index in [0.29, 0.717) is 21.5 Å². The van der Waals surface area contributed by atoms with Gasteiger partial charge in [0.05, 0.1) is 21.1 Å². The third kappa shape index (κ3) is 2.94. The molecule has 1 aliphatic rings. The van der Waals surface area contributed by atoms with Gasteiger partial charge in [0.1, 0.15) is 18.2 Å². The van der Waals surface area contributed by atoms with Crippen LogP contribution in [0.2, 0.25) is 0 Å². The Balaban J connectivity index is 1.51. The molecule has 1 saturated carbocycles. The standard InChI is InChI=1S/C18H14BrFN2O2/c19-13-3-1-2-12(16(13)20)9-24-18(23)11-6-7-14-15(8-11)22-17(21-14)10-4-5-10/h1-3,6-8,10H,4-5,9H2,(H,21,22). The number of esters is 1. The third-order valence-corrected chi connectivity index (χ3v) is 4.70. The van der Waals surface area contributed by atoms with Gasteiger partial charge in [0.15, 0.2) is 0 Å². The normalized spacial score (nSPS) is 14.1. The van der Waals surface area contributed by atoms with Gasteiger partial charge in [-0.3, -0.25) is 0 Å². The minimum absolute atomic E-state index is 0.113. The molecule has 1 N–H and O–H groups in total. The third-order valence-electron chi connectivity index (χ3n) is 4.09. The van der Waals surface area contributed by atoms with E-state index in [1.165, 1.54) is 0 Å². The number of hydrogen-bond acceptors (Lipinski definition) is 3. The smallest absolute Gasteiger partial charge is 0.338 e. The molecule has 2 aromatic carbocycles. The van der Waals surface area contributed by atoms with Gasteiger partial charge < -0.3 is 9.72 Å². The zero-order valence-corrected chi connectivity index (χ0v) is 14.3. The summed E-state index contributed by atoms with van der Waals surface area (Å²) < 4.78 is 19.5. The van der Waals surface area contributed by atoms with Gasteiger partial charge >= 0.3 is 5.97 Å². The van der Waals surface area contributed by atoms with Crippen LogP contribution in [0.4, 0.5) is 4.39 Å². The number of hydrogen-bond donors (Lipinski definition) is 1. The Morgan fingerprint density at radius 3 is 2.96 bits per heavy atom. The lowest BCUT2D eigenvalue weighted by Crippen LogP contribution is -2.06. The van der Waals surface area contributed by atoms with Crippen molar-refractivity contribution in [3.05, 3.63) is 63.6 Å². The van der Waals surface area contributed by atoms with Gasteiger partial charge in [-0.1, -0.05) is 12.1 Å². The molecule has 6 heteroatoms. The number of nitrogens with one attached hydrogen (secondary N) is 1. The molecule has 0 aliphatic heterocycles. The second-order valence-corrected chi connectivity index (χ2v) is 6.77. The summed E-state index contributed by atoms with van der Waals surface area (Å²) in [6.45, 7) is -0.113. The van der Waals surface area contributed by atoms with Crippen molar-refractivity contribution in [2.45, 2.75) is 25.4 Å². The van der Waals surface area contributed by atoms with Crippen LogP contribution in [-0.4, -0.2) is 15.9 Å². The maximum absolute atomic E-state index is 13.9. The van der Waals surface area contributed by atoms with E-state index in [0.717, 1.165) is 29.7 Å². The van der Waals surface area contributed by atoms with Gasteiger partial charge in [-0.15, -0.1) is 0 Å². The van der Waals surface area contributed by atoms with Crippen LogP contribution >= 0.6 is 15.9 Å². The van der Waals surface area contributed by atoms with Gasteiger partial charge in [0.2, 0.25) is 0 Å². The van der Waals surface area contributed by atoms with E-state index < -0.39 is 11.8 Å². The van der Waals surface area contributed by atoms with E-state index in [9.17, 15) is 9.18 Å². The summed E-state index contributed by atoms with van der Waals surface area (Å²) in [6.07, 6.45) is 2.32. The Kier molecular flexibility index (Phi) is 3.84.